The third kappa shape index (κ3) is 5.61. The molecule has 33 heavy (non-hydrogen) atoms. The number of carbonyl (C=O) groups is 1. The average Bonchev–Trinajstić information content (AvgIpc) is 3.22. The van der Waals surface area contributed by atoms with Gasteiger partial charge in [-0.05, 0) is 61.9 Å². The second-order valence-corrected chi connectivity index (χ2v) is 8.85. The van der Waals surface area contributed by atoms with Crippen LogP contribution in [0.15, 0.2) is 53.9 Å². The van der Waals surface area contributed by atoms with Gasteiger partial charge in [0.15, 0.2) is 0 Å². The minimum absolute atomic E-state index is 0.183. The number of hydrogen-bond donors (Lipinski definition) is 4. The number of carbonyl (C=O) groups excluding carboxylic acids is 1. The van der Waals surface area contributed by atoms with Crippen molar-refractivity contribution in [3.63, 3.8) is 0 Å². The minimum atomic E-state index is -0.338. The molecule has 5 N–H and O–H groups in total. The number of hydrogen-bond acceptors (Lipinski definition) is 4. The van der Waals surface area contributed by atoms with Crippen molar-refractivity contribution in [2.45, 2.75) is 57.9 Å². The van der Waals surface area contributed by atoms with Gasteiger partial charge in [-0.2, -0.15) is 0 Å². The summed E-state index contributed by atoms with van der Waals surface area (Å²) < 4.78 is 0. The van der Waals surface area contributed by atoms with Gasteiger partial charge in [0.05, 0.1) is 5.69 Å². The molecule has 0 aliphatic heterocycles. The molecule has 0 saturated heterocycles. The molecule has 0 atom stereocenters. The standard InChI is InChI=1S/C26H32N6O/c1-17(2)28-15-21(13-27)19-8-10-23-22(12-19)24(16-29-23)31-26(33)32-25-11-9-20(14-30-25)18-6-4-3-5-7-18/h8-18,29H,3-7,27H2,1-2H3,(H2,30,31,32,33). The van der Waals surface area contributed by atoms with E-state index in [1.807, 2.05) is 44.3 Å². The van der Waals surface area contributed by atoms with E-state index in [1.165, 1.54) is 37.7 Å². The predicted molar refractivity (Wildman–Crippen MR) is 137 cm³/mol. The molecule has 1 aliphatic rings. The van der Waals surface area contributed by atoms with Crippen molar-refractivity contribution in [1.82, 2.24) is 9.97 Å². The zero-order chi connectivity index (χ0) is 23.2. The Morgan fingerprint density at radius 1 is 1.18 bits per heavy atom. The molecule has 2 heterocycles. The second-order valence-electron chi connectivity index (χ2n) is 8.85. The molecule has 2 amide bonds. The zero-order valence-corrected chi connectivity index (χ0v) is 19.3. The predicted octanol–water partition coefficient (Wildman–Crippen LogP) is 6.03. The fraction of sp³-hybridized carbons (Fsp3) is 0.346. The number of urea groups is 1. The first kappa shape index (κ1) is 22.6. The van der Waals surface area contributed by atoms with Crippen LogP contribution in [0.25, 0.3) is 16.5 Å². The van der Waals surface area contributed by atoms with E-state index in [0.717, 1.165) is 22.0 Å². The number of pyridine rings is 1. The van der Waals surface area contributed by atoms with E-state index in [1.54, 1.807) is 18.6 Å². The largest absolute Gasteiger partial charge is 0.404 e. The number of benzene rings is 1. The van der Waals surface area contributed by atoms with E-state index in [9.17, 15) is 4.79 Å². The number of rotatable bonds is 6. The summed E-state index contributed by atoms with van der Waals surface area (Å²) in [5.41, 5.74) is 10.4. The van der Waals surface area contributed by atoms with Gasteiger partial charge in [-0.25, -0.2) is 9.78 Å². The maximum atomic E-state index is 12.6. The highest BCUT2D eigenvalue weighted by Gasteiger charge is 2.16. The van der Waals surface area contributed by atoms with E-state index in [-0.39, 0.29) is 12.1 Å². The molecule has 0 bridgehead atoms. The number of aromatic nitrogens is 2. The summed E-state index contributed by atoms with van der Waals surface area (Å²) in [4.78, 5) is 24.7. The maximum absolute atomic E-state index is 12.6. The summed E-state index contributed by atoms with van der Waals surface area (Å²) in [5, 5.41) is 6.64. The third-order valence-electron chi connectivity index (χ3n) is 6.06. The molecule has 0 spiro atoms. The second kappa shape index (κ2) is 10.3. The Kier molecular flexibility index (Phi) is 7.07. The lowest BCUT2D eigenvalue weighted by Gasteiger charge is -2.21. The van der Waals surface area contributed by atoms with E-state index in [4.69, 9.17) is 5.73 Å². The Hall–Kier alpha value is -3.61. The SMILES string of the molecule is CC(C)N=CC(=CN)c1ccc2[nH]cc(NC(=O)Nc3ccc(C4CCCCC4)cn3)c2c1. The molecule has 1 aliphatic carbocycles. The molecule has 1 aromatic carbocycles. The van der Waals surface area contributed by atoms with Gasteiger partial charge in [-0.15, -0.1) is 0 Å². The molecule has 172 valence electrons. The summed E-state index contributed by atoms with van der Waals surface area (Å²) >= 11 is 0. The van der Waals surface area contributed by atoms with E-state index in [0.29, 0.717) is 17.4 Å². The Morgan fingerprint density at radius 3 is 2.70 bits per heavy atom. The van der Waals surface area contributed by atoms with Crippen LogP contribution in [0, 0.1) is 0 Å². The lowest BCUT2D eigenvalue weighted by molar-refractivity contribution is 0.262. The normalized spacial score (nSPS) is 15.4. The van der Waals surface area contributed by atoms with Crippen LogP contribution in [0.4, 0.5) is 16.3 Å². The fourth-order valence-corrected chi connectivity index (χ4v) is 4.27. The first-order valence-electron chi connectivity index (χ1n) is 11.6. The summed E-state index contributed by atoms with van der Waals surface area (Å²) in [7, 11) is 0. The zero-order valence-electron chi connectivity index (χ0n) is 19.3. The number of aliphatic imine (C=N–C) groups is 1. The van der Waals surface area contributed by atoms with Gasteiger partial charge in [-0.1, -0.05) is 31.4 Å². The van der Waals surface area contributed by atoms with Crippen molar-refractivity contribution >= 4 is 40.2 Å². The highest BCUT2D eigenvalue weighted by Crippen LogP contribution is 2.32. The topological polar surface area (TPSA) is 108 Å². The number of H-pyrrole nitrogens is 1. The van der Waals surface area contributed by atoms with Gasteiger partial charge in [-0.3, -0.25) is 10.3 Å². The summed E-state index contributed by atoms with van der Waals surface area (Å²) in [6.07, 6.45) is 13.3. The maximum Gasteiger partial charge on any atom is 0.324 e. The molecule has 0 radical (unpaired) electrons. The minimum Gasteiger partial charge on any atom is -0.404 e. The quantitative estimate of drug-likeness (QED) is 0.348. The van der Waals surface area contributed by atoms with Crippen molar-refractivity contribution in [2.24, 2.45) is 10.7 Å². The monoisotopic (exact) mass is 444 g/mol. The third-order valence-corrected chi connectivity index (χ3v) is 6.06. The Balaban J connectivity index is 1.45. The molecule has 7 heteroatoms. The van der Waals surface area contributed by atoms with Crippen molar-refractivity contribution in [3.8, 4) is 0 Å². The number of nitrogens with zero attached hydrogens (tertiary/aromatic N) is 2. The van der Waals surface area contributed by atoms with Crippen LogP contribution in [0.2, 0.25) is 0 Å². The van der Waals surface area contributed by atoms with Gasteiger partial charge in [0.1, 0.15) is 5.82 Å². The van der Waals surface area contributed by atoms with Gasteiger partial charge in [0.25, 0.3) is 0 Å². The molecule has 7 nitrogen and oxygen atoms in total. The summed E-state index contributed by atoms with van der Waals surface area (Å²) in [6, 6.07) is 9.73. The van der Waals surface area contributed by atoms with E-state index < -0.39 is 0 Å². The van der Waals surface area contributed by atoms with Crippen molar-refractivity contribution in [2.75, 3.05) is 10.6 Å². The van der Waals surface area contributed by atoms with Crippen LogP contribution < -0.4 is 16.4 Å². The van der Waals surface area contributed by atoms with Crippen LogP contribution >= 0.6 is 0 Å². The lowest BCUT2D eigenvalue weighted by Crippen LogP contribution is -2.20. The van der Waals surface area contributed by atoms with Gasteiger partial charge in [0, 0.05) is 47.3 Å². The van der Waals surface area contributed by atoms with Crippen molar-refractivity contribution in [1.29, 1.82) is 0 Å². The molecule has 3 aromatic rings. The first-order chi connectivity index (χ1) is 16.0. The molecule has 1 fully saturated rings. The molecular weight excluding hydrogens is 412 g/mol. The van der Waals surface area contributed by atoms with Gasteiger partial charge < -0.3 is 16.0 Å². The highest BCUT2D eigenvalue weighted by molar-refractivity contribution is 6.12. The number of aromatic amines is 1. The van der Waals surface area contributed by atoms with E-state index >= 15 is 0 Å². The van der Waals surface area contributed by atoms with Crippen LogP contribution in [-0.4, -0.2) is 28.3 Å². The van der Waals surface area contributed by atoms with Crippen LogP contribution in [-0.2, 0) is 0 Å². The van der Waals surface area contributed by atoms with Crippen molar-refractivity contribution in [3.05, 3.63) is 60.1 Å². The average molecular weight is 445 g/mol. The number of anilines is 2. The molecule has 0 unspecified atom stereocenters. The smallest absolute Gasteiger partial charge is 0.324 e. The highest BCUT2D eigenvalue weighted by atomic mass is 16.2. The Morgan fingerprint density at radius 2 is 2.00 bits per heavy atom. The fourth-order valence-electron chi connectivity index (χ4n) is 4.27. The summed E-state index contributed by atoms with van der Waals surface area (Å²) in [5.74, 6) is 1.12. The van der Waals surface area contributed by atoms with Crippen LogP contribution in [0.3, 0.4) is 0 Å². The molecule has 4 rings (SSSR count). The number of nitrogens with one attached hydrogen (secondary N) is 3. The molecule has 1 saturated carbocycles. The molecule has 2 aromatic heterocycles. The van der Waals surface area contributed by atoms with Gasteiger partial charge >= 0.3 is 6.03 Å². The van der Waals surface area contributed by atoms with Gasteiger partial charge in [0.2, 0.25) is 0 Å². The number of nitrogens with two attached hydrogens (primary N) is 1. The Labute approximate surface area is 194 Å². The number of allylic oxidation sites excluding steroid dienone is 1. The lowest BCUT2D eigenvalue weighted by atomic mass is 9.85. The van der Waals surface area contributed by atoms with Crippen molar-refractivity contribution < 1.29 is 4.79 Å². The summed E-state index contributed by atoms with van der Waals surface area (Å²) in [6.45, 7) is 4.03. The molecular formula is C26H32N6O. The van der Waals surface area contributed by atoms with Crippen LogP contribution in [0.5, 0.6) is 0 Å². The Bertz CT molecular complexity index is 1150. The van der Waals surface area contributed by atoms with Crippen LogP contribution in [0.1, 0.15) is 63.0 Å². The number of amides is 2. The number of fused-ring (bicyclic) bond motifs is 1. The van der Waals surface area contributed by atoms with E-state index in [2.05, 4.69) is 31.7 Å². The first-order valence-corrected chi connectivity index (χ1v) is 11.6.